The summed E-state index contributed by atoms with van der Waals surface area (Å²) >= 11 is 6.18. The van der Waals surface area contributed by atoms with Gasteiger partial charge in [0.05, 0.1) is 6.10 Å². The summed E-state index contributed by atoms with van der Waals surface area (Å²) in [5, 5.41) is 4.91. The second-order valence-corrected chi connectivity index (χ2v) is 5.86. The van der Waals surface area contributed by atoms with Gasteiger partial charge in [0, 0.05) is 36.2 Å². The van der Waals surface area contributed by atoms with Crippen molar-refractivity contribution < 1.29 is 9.15 Å². The summed E-state index contributed by atoms with van der Waals surface area (Å²) in [6.07, 6.45) is 2.50. The van der Waals surface area contributed by atoms with Crippen LogP contribution in [0.1, 0.15) is 24.0 Å². The van der Waals surface area contributed by atoms with Gasteiger partial charge >= 0.3 is 5.63 Å². The lowest BCUT2D eigenvalue weighted by Gasteiger charge is -2.12. The van der Waals surface area contributed by atoms with E-state index in [-0.39, 0.29) is 11.7 Å². The van der Waals surface area contributed by atoms with Crippen molar-refractivity contribution in [3.05, 3.63) is 44.8 Å². The van der Waals surface area contributed by atoms with Crippen LogP contribution in [0.5, 0.6) is 0 Å². The van der Waals surface area contributed by atoms with E-state index in [2.05, 4.69) is 5.32 Å². The summed E-state index contributed by atoms with van der Waals surface area (Å²) in [5.41, 5.74) is 2.05. The molecule has 1 N–H and O–H groups in total. The van der Waals surface area contributed by atoms with Crippen LogP contribution in [0.15, 0.2) is 27.4 Å². The van der Waals surface area contributed by atoms with Crippen LogP contribution < -0.4 is 10.9 Å². The lowest BCUT2D eigenvalue weighted by Crippen LogP contribution is -2.26. The highest BCUT2D eigenvalue weighted by Gasteiger charge is 2.15. The third-order valence-corrected chi connectivity index (χ3v) is 4.23. The number of benzene rings is 1. The molecule has 3 rings (SSSR count). The molecule has 1 saturated heterocycles. The predicted octanol–water partition coefficient (Wildman–Crippen LogP) is 3.02. The summed E-state index contributed by atoms with van der Waals surface area (Å²) < 4.78 is 10.8. The van der Waals surface area contributed by atoms with Crippen LogP contribution in [-0.2, 0) is 11.3 Å². The van der Waals surface area contributed by atoms with Gasteiger partial charge < -0.3 is 14.5 Å². The fourth-order valence-corrected chi connectivity index (χ4v) is 2.83. The Morgan fingerprint density at radius 1 is 1.38 bits per heavy atom. The minimum absolute atomic E-state index is 0.280. The molecule has 1 atom stereocenters. The summed E-state index contributed by atoms with van der Waals surface area (Å²) in [5.74, 6) is 0. The average molecular weight is 308 g/mol. The van der Waals surface area contributed by atoms with Crippen molar-refractivity contribution >= 4 is 22.6 Å². The number of halogens is 1. The van der Waals surface area contributed by atoms with Crippen molar-refractivity contribution in [1.29, 1.82) is 0 Å². The summed E-state index contributed by atoms with van der Waals surface area (Å²) in [6, 6.07) is 5.19. The minimum Gasteiger partial charge on any atom is -0.423 e. The van der Waals surface area contributed by atoms with E-state index < -0.39 is 0 Å². The molecule has 5 heteroatoms. The van der Waals surface area contributed by atoms with E-state index in [1.165, 1.54) is 6.07 Å². The normalized spacial score (nSPS) is 18.5. The third-order valence-electron chi connectivity index (χ3n) is 3.82. The Balaban J connectivity index is 1.83. The second-order valence-electron chi connectivity index (χ2n) is 5.45. The smallest absolute Gasteiger partial charge is 0.336 e. The van der Waals surface area contributed by atoms with Crippen molar-refractivity contribution in [1.82, 2.24) is 5.32 Å². The number of rotatable bonds is 4. The maximum absolute atomic E-state index is 11.7. The number of nitrogens with one attached hydrogen (secondary N) is 1. The third kappa shape index (κ3) is 3.28. The van der Waals surface area contributed by atoms with Gasteiger partial charge in [0.25, 0.3) is 0 Å². The molecule has 112 valence electrons. The van der Waals surface area contributed by atoms with Gasteiger partial charge in [0.15, 0.2) is 0 Å². The molecule has 2 heterocycles. The highest BCUT2D eigenvalue weighted by atomic mass is 35.5. The minimum atomic E-state index is -0.335. The Morgan fingerprint density at radius 2 is 2.24 bits per heavy atom. The molecule has 0 bridgehead atoms. The van der Waals surface area contributed by atoms with Crippen molar-refractivity contribution in [3.63, 3.8) is 0 Å². The Labute approximate surface area is 128 Å². The van der Waals surface area contributed by atoms with E-state index in [1.807, 2.05) is 19.1 Å². The van der Waals surface area contributed by atoms with Crippen LogP contribution in [0.4, 0.5) is 0 Å². The molecule has 1 aromatic carbocycles. The zero-order valence-electron chi connectivity index (χ0n) is 11.9. The molecule has 1 aliphatic heterocycles. The monoisotopic (exact) mass is 307 g/mol. The van der Waals surface area contributed by atoms with Crippen LogP contribution in [0, 0.1) is 6.92 Å². The van der Waals surface area contributed by atoms with Crippen molar-refractivity contribution in [2.75, 3.05) is 13.2 Å². The van der Waals surface area contributed by atoms with E-state index in [0.29, 0.717) is 17.2 Å². The maximum Gasteiger partial charge on any atom is 0.336 e. The number of hydrogen-bond acceptors (Lipinski definition) is 4. The van der Waals surface area contributed by atoms with Gasteiger partial charge in [0.2, 0.25) is 0 Å². The molecular weight excluding hydrogens is 290 g/mol. The molecule has 0 aliphatic carbocycles. The van der Waals surface area contributed by atoms with Crippen LogP contribution in [0.2, 0.25) is 5.02 Å². The molecule has 1 aliphatic rings. The summed E-state index contributed by atoms with van der Waals surface area (Å²) in [4.78, 5) is 11.7. The molecule has 1 fully saturated rings. The first kappa shape index (κ1) is 14.6. The van der Waals surface area contributed by atoms with Crippen LogP contribution >= 0.6 is 11.6 Å². The van der Waals surface area contributed by atoms with Crippen molar-refractivity contribution in [2.45, 2.75) is 32.4 Å². The second kappa shape index (κ2) is 6.18. The zero-order chi connectivity index (χ0) is 14.8. The molecule has 0 saturated carbocycles. The zero-order valence-corrected chi connectivity index (χ0v) is 12.7. The molecule has 0 unspecified atom stereocenters. The SMILES string of the molecule is Cc1cc2oc(=O)cc(CNC[C@H]3CCCO3)c2cc1Cl. The van der Waals surface area contributed by atoms with Gasteiger partial charge in [0.1, 0.15) is 5.58 Å². The molecule has 4 nitrogen and oxygen atoms in total. The quantitative estimate of drug-likeness (QED) is 0.882. The number of ether oxygens (including phenoxy) is 1. The lowest BCUT2D eigenvalue weighted by atomic mass is 10.1. The van der Waals surface area contributed by atoms with Crippen molar-refractivity contribution in [2.24, 2.45) is 0 Å². The Bertz CT molecular complexity index is 704. The standard InChI is InChI=1S/C16H18ClNO3/c1-10-5-15-13(7-14(10)17)11(6-16(19)21-15)8-18-9-12-3-2-4-20-12/h5-7,12,18H,2-4,8-9H2,1H3/t12-/m1/s1. The molecule has 0 spiro atoms. The first-order chi connectivity index (χ1) is 10.1. The number of aryl methyl sites for hydroxylation is 1. The van der Waals surface area contributed by atoms with E-state index in [4.69, 9.17) is 20.8 Å². The highest BCUT2D eigenvalue weighted by molar-refractivity contribution is 6.32. The molecule has 1 aromatic heterocycles. The van der Waals surface area contributed by atoms with Gasteiger partial charge in [-0.2, -0.15) is 0 Å². The topological polar surface area (TPSA) is 51.5 Å². The van der Waals surface area contributed by atoms with Gasteiger partial charge in [-0.05, 0) is 43.0 Å². The Morgan fingerprint density at radius 3 is 3.00 bits per heavy atom. The van der Waals surface area contributed by atoms with E-state index in [9.17, 15) is 4.79 Å². The van der Waals surface area contributed by atoms with Gasteiger partial charge in [-0.1, -0.05) is 11.6 Å². The maximum atomic E-state index is 11.7. The summed E-state index contributed by atoms with van der Waals surface area (Å²) in [6.45, 7) is 4.13. The van der Waals surface area contributed by atoms with Crippen LogP contribution in [-0.4, -0.2) is 19.3 Å². The van der Waals surface area contributed by atoms with Gasteiger partial charge in [-0.25, -0.2) is 4.79 Å². The molecule has 21 heavy (non-hydrogen) atoms. The molecular formula is C16H18ClNO3. The largest absolute Gasteiger partial charge is 0.423 e. The average Bonchev–Trinajstić information content (AvgIpc) is 2.94. The molecule has 0 radical (unpaired) electrons. The van der Waals surface area contributed by atoms with Gasteiger partial charge in [-0.15, -0.1) is 0 Å². The fraction of sp³-hybridized carbons (Fsp3) is 0.438. The molecule has 0 amide bonds. The van der Waals surface area contributed by atoms with Crippen molar-refractivity contribution in [3.8, 4) is 0 Å². The first-order valence-corrected chi connectivity index (χ1v) is 7.56. The van der Waals surface area contributed by atoms with Gasteiger partial charge in [-0.3, -0.25) is 0 Å². The highest BCUT2D eigenvalue weighted by Crippen LogP contribution is 2.25. The Kier molecular flexibility index (Phi) is 4.29. The van der Waals surface area contributed by atoms with E-state index >= 15 is 0 Å². The Hall–Kier alpha value is -1.36. The predicted molar refractivity (Wildman–Crippen MR) is 82.9 cm³/mol. The lowest BCUT2D eigenvalue weighted by molar-refractivity contribution is 0.110. The van der Waals surface area contributed by atoms with E-state index in [0.717, 1.165) is 42.5 Å². The first-order valence-electron chi connectivity index (χ1n) is 7.18. The van der Waals surface area contributed by atoms with Crippen LogP contribution in [0.3, 0.4) is 0 Å². The molecule has 2 aromatic rings. The summed E-state index contributed by atoms with van der Waals surface area (Å²) in [7, 11) is 0. The number of fused-ring (bicyclic) bond motifs is 1. The van der Waals surface area contributed by atoms with E-state index in [1.54, 1.807) is 0 Å². The number of hydrogen-bond donors (Lipinski definition) is 1. The van der Waals surface area contributed by atoms with Crippen LogP contribution in [0.25, 0.3) is 11.0 Å². The fourth-order valence-electron chi connectivity index (χ4n) is 2.67.